The molecular weight excluding hydrogens is 324 g/mol. The lowest BCUT2D eigenvalue weighted by molar-refractivity contribution is -0.121. The van der Waals surface area contributed by atoms with E-state index in [2.05, 4.69) is 21.4 Å². The number of carbonyl (C=O) groups is 1. The van der Waals surface area contributed by atoms with Crippen molar-refractivity contribution in [2.24, 2.45) is 0 Å². The standard InChI is InChI=1S/C21H18N4O/c22-13-17-7-5-16(6-8-17)9-10-20(26)25-15-19-4-2-12-24-21(19)18-3-1-11-23-14-18/h1-8,11-12,14H,9-10,15H2,(H,25,26). The molecular formula is C21H18N4O. The van der Waals surface area contributed by atoms with Crippen LogP contribution >= 0.6 is 0 Å². The van der Waals surface area contributed by atoms with Crippen molar-refractivity contribution in [3.8, 4) is 17.3 Å². The molecule has 0 radical (unpaired) electrons. The van der Waals surface area contributed by atoms with Crippen molar-refractivity contribution < 1.29 is 4.79 Å². The lowest BCUT2D eigenvalue weighted by Gasteiger charge is -2.10. The Kier molecular flexibility index (Phi) is 5.69. The zero-order valence-electron chi connectivity index (χ0n) is 14.2. The van der Waals surface area contributed by atoms with Crippen molar-refractivity contribution in [3.63, 3.8) is 0 Å². The van der Waals surface area contributed by atoms with Crippen LogP contribution in [0.5, 0.6) is 0 Å². The zero-order valence-corrected chi connectivity index (χ0v) is 14.2. The van der Waals surface area contributed by atoms with Crippen LogP contribution in [0.2, 0.25) is 0 Å². The van der Waals surface area contributed by atoms with E-state index in [-0.39, 0.29) is 5.91 Å². The topological polar surface area (TPSA) is 78.7 Å². The SMILES string of the molecule is N#Cc1ccc(CCC(=O)NCc2cccnc2-c2cccnc2)cc1. The van der Waals surface area contributed by atoms with E-state index in [1.807, 2.05) is 36.4 Å². The van der Waals surface area contributed by atoms with Crippen LogP contribution in [0.15, 0.2) is 67.1 Å². The van der Waals surface area contributed by atoms with Gasteiger partial charge in [-0.2, -0.15) is 5.26 Å². The number of aromatic nitrogens is 2. The van der Waals surface area contributed by atoms with Crippen molar-refractivity contribution in [2.45, 2.75) is 19.4 Å². The molecule has 0 atom stereocenters. The molecule has 5 heteroatoms. The average molecular weight is 342 g/mol. The number of rotatable bonds is 6. The highest BCUT2D eigenvalue weighted by Crippen LogP contribution is 2.19. The average Bonchev–Trinajstić information content (AvgIpc) is 2.72. The fourth-order valence-corrected chi connectivity index (χ4v) is 2.63. The summed E-state index contributed by atoms with van der Waals surface area (Å²) in [4.78, 5) is 20.7. The van der Waals surface area contributed by atoms with Crippen molar-refractivity contribution in [1.29, 1.82) is 5.26 Å². The fraction of sp³-hybridized carbons (Fsp3) is 0.143. The van der Waals surface area contributed by atoms with Gasteiger partial charge in [0.2, 0.25) is 5.91 Å². The molecule has 5 nitrogen and oxygen atoms in total. The molecule has 0 saturated heterocycles. The van der Waals surface area contributed by atoms with Gasteiger partial charge in [0.15, 0.2) is 0 Å². The number of carbonyl (C=O) groups excluding carboxylic acids is 1. The summed E-state index contributed by atoms with van der Waals surface area (Å²) in [6, 6.07) is 17.0. The van der Waals surface area contributed by atoms with E-state index >= 15 is 0 Å². The first-order valence-corrected chi connectivity index (χ1v) is 8.36. The maximum absolute atomic E-state index is 12.2. The smallest absolute Gasteiger partial charge is 0.220 e. The largest absolute Gasteiger partial charge is 0.352 e. The zero-order chi connectivity index (χ0) is 18.2. The first-order valence-electron chi connectivity index (χ1n) is 8.36. The normalized spacial score (nSPS) is 10.1. The first kappa shape index (κ1) is 17.3. The summed E-state index contributed by atoms with van der Waals surface area (Å²) >= 11 is 0. The van der Waals surface area contributed by atoms with Crippen LogP contribution in [0, 0.1) is 11.3 Å². The van der Waals surface area contributed by atoms with E-state index in [4.69, 9.17) is 5.26 Å². The summed E-state index contributed by atoms with van der Waals surface area (Å²) in [5.41, 5.74) is 4.37. The van der Waals surface area contributed by atoms with E-state index in [0.717, 1.165) is 22.4 Å². The summed E-state index contributed by atoms with van der Waals surface area (Å²) in [6.45, 7) is 0.421. The Balaban J connectivity index is 1.57. The van der Waals surface area contributed by atoms with Crippen molar-refractivity contribution in [2.75, 3.05) is 0 Å². The highest BCUT2D eigenvalue weighted by molar-refractivity contribution is 5.76. The maximum atomic E-state index is 12.2. The lowest BCUT2D eigenvalue weighted by Crippen LogP contribution is -2.23. The Bertz CT molecular complexity index is 915. The Morgan fingerprint density at radius 1 is 1.08 bits per heavy atom. The van der Waals surface area contributed by atoms with Gasteiger partial charge in [-0.15, -0.1) is 0 Å². The third-order valence-corrected chi connectivity index (χ3v) is 4.03. The summed E-state index contributed by atoms with van der Waals surface area (Å²) in [7, 11) is 0. The number of nitrogens with one attached hydrogen (secondary N) is 1. The number of hydrogen-bond acceptors (Lipinski definition) is 4. The van der Waals surface area contributed by atoms with Crippen LogP contribution in [0.4, 0.5) is 0 Å². The Morgan fingerprint density at radius 3 is 2.62 bits per heavy atom. The molecule has 0 fully saturated rings. The van der Waals surface area contributed by atoms with Gasteiger partial charge in [-0.05, 0) is 47.9 Å². The predicted octanol–water partition coefficient (Wildman–Crippen LogP) is 3.26. The molecule has 1 amide bonds. The fourth-order valence-electron chi connectivity index (χ4n) is 2.63. The second kappa shape index (κ2) is 8.54. The number of hydrogen-bond donors (Lipinski definition) is 1. The van der Waals surface area contributed by atoms with E-state index in [0.29, 0.717) is 24.9 Å². The molecule has 0 saturated carbocycles. The number of aryl methyl sites for hydroxylation is 1. The number of pyridine rings is 2. The van der Waals surface area contributed by atoms with Crippen LogP contribution in [0.3, 0.4) is 0 Å². The number of nitriles is 1. The molecule has 2 aromatic heterocycles. The van der Waals surface area contributed by atoms with Gasteiger partial charge in [0.25, 0.3) is 0 Å². The van der Waals surface area contributed by atoms with Crippen LogP contribution in [0.1, 0.15) is 23.1 Å². The highest BCUT2D eigenvalue weighted by atomic mass is 16.1. The van der Waals surface area contributed by atoms with Gasteiger partial charge in [-0.25, -0.2) is 0 Å². The molecule has 0 aliphatic carbocycles. The summed E-state index contributed by atoms with van der Waals surface area (Å²) in [5.74, 6) is -0.0182. The molecule has 0 unspecified atom stereocenters. The number of nitrogens with zero attached hydrogens (tertiary/aromatic N) is 3. The van der Waals surface area contributed by atoms with Crippen molar-refractivity contribution in [3.05, 3.63) is 83.8 Å². The molecule has 0 bridgehead atoms. The Labute approximate surface area is 152 Å². The van der Waals surface area contributed by atoms with E-state index < -0.39 is 0 Å². The second-order valence-corrected chi connectivity index (χ2v) is 5.84. The van der Waals surface area contributed by atoms with E-state index in [9.17, 15) is 4.79 Å². The molecule has 3 aromatic rings. The van der Waals surface area contributed by atoms with Crippen LogP contribution in [-0.4, -0.2) is 15.9 Å². The van der Waals surface area contributed by atoms with Crippen molar-refractivity contribution >= 4 is 5.91 Å². The van der Waals surface area contributed by atoms with Gasteiger partial charge < -0.3 is 5.32 Å². The van der Waals surface area contributed by atoms with Gasteiger partial charge >= 0.3 is 0 Å². The Hall–Kier alpha value is -3.52. The molecule has 26 heavy (non-hydrogen) atoms. The van der Waals surface area contributed by atoms with Crippen molar-refractivity contribution in [1.82, 2.24) is 15.3 Å². The lowest BCUT2D eigenvalue weighted by atomic mass is 10.1. The molecule has 2 heterocycles. The molecule has 0 spiro atoms. The van der Waals surface area contributed by atoms with Crippen LogP contribution in [0.25, 0.3) is 11.3 Å². The first-order chi connectivity index (χ1) is 12.8. The minimum atomic E-state index is -0.0182. The Morgan fingerprint density at radius 2 is 1.88 bits per heavy atom. The third-order valence-electron chi connectivity index (χ3n) is 4.03. The molecule has 0 aliphatic rings. The molecule has 128 valence electrons. The summed E-state index contributed by atoms with van der Waals surface area (Å²) < 4.78 is 0. The van der Waals surface area contributed by atoms with Gasteiger partial charge in [0.05, 0.1) is 17.3 Å². The van der Waals surface area contributed by atoms with E-state index in [1.165, 1.54) is 0 Å². The van der Waals surface area contributed by atoms with E-state index in [1.54, 1.807) is 30.7 Å². The van der Waals surface area contributed by atoms with Gasteiger partial charge in [-0.1, -0.05) is 18.2 Å². The maximum Gasteiger partial charge on any atom is 0.220 e. The predicted molar refractivity (Wildman–Crippen MR) is 98.8 cm³/mol. The minimum absolute atomic E-state index is 0.0182. The van der Waals surface area contributed by atoms with Gasteiger partial charge in [0.1, 0.15) is 0 Å². The molecule has 1 aromatic carbocycles. The number of benzene rings is 1. The summed E-state index contributed by atoms with van der Waals surface area (Å²) in [5, 5.41) is 11.8. The quantitative estimate of drug-likeness (QED) is 0.746. The third kappa shape index (κ3) is 4.52. The minimum Gasteiger partial charge on any atom is -0.352 e. The van der Waals surface area contributed by atoms with Crippen LogP contribution < -0.4 is 5.32 Å². The summed E-state index contributed by atoms with van der Waals surface area (Å²) in [6.07, 6.45) is 6.25. The monoisotopic (exact) mass is 342 g/mol. The van der Waals surface area contributed by atoms with Crippen LogP contribution in [-0.2, 0) is 17.8 Å². The molecule has 1 N–H and O–H groups in total. The molecule has 3 rings (SSSR count). The molecule has 0 aliphatic heterocycles. The van der Waals surface area contributed by atoms with Gasteiger partial charge in [0, 0.05) is 37.1 Å². The second-order valence-electron chi connectivity index (χ2n) is 5.84. The van der Waals surface area contributed by atoms with Gasteiger partial charge in [-0.3, -0.25) is 14.8 Å². The number of amides is 1. The highest BCUT2D eigenvalue weighted by Gasteiger charge is 2.08.